The molecule has 0 aliphatic carbocycles. The van der Waals surface area contributed by atoms with Gasteiger partial charge in [-0.3, -0.25) is 0 Å². The Morgan fingerprint density at radius 2 is 1.00 bits per heavy atom. The van der Waals surface area contributed by atoms with Crippen LogP contribution in [0.4, 0.5) is 0 Å². The average Bonchev–Trinajstić information content (AvgIpc) is 2.94. The Morgan fingerprint density at radius 1 is 0.556 bits per heavy atom. The Morgan fingerprint density at radius 3 is 1.42 bits per heavy atom. The lowest BCUT2D eigenvalue weighted by molar-refractivity contribution is 0.415. The molecule has 0 aliphatic heterocycles. The van der Waals surface area contributed by atoms with Gasteiger partial charge < -0.3 is 4.74 Å². The van der Waals surface area contributed by atoms with Crippen LogP contribution in [-0.4, -0.2) is 7.11 Å². The Kier molecular flexibility index (Phi) is 7.02. The number of ether oxygens (including phenoxy) is 1. The first-order chi connectivity index (χ1) is 17.8. The molecule has 5 rings (SSSR count). The van der Waals surface area contributed by atoms with Crippen LogP contribution in [0.1, 0.15) is 47.6 Å². The van der Waals surface area contributed by atoms with E-state index in [1.165, 1.54) is 18.4 Å². The molecule has 1 heteroatoms. The molecule has 0 saturated carbocycles. The van der Waals surface area contributed by atoms with E-state index in [2.05, 4.69) is 103 Å². The van der Waals surface area contributed by atoms with Gasteiger partial charge >= 0.3 is 0 Å². The molecule has 5 aromatic carbocycles. The molecule has 0 atom stereocenters. The van der Waals surface area contributed by atoms with Crippen LogP contribution < -0.4 is 4.74 Å². The van der Waals surface area contributed by atoms with E-state index in [0.717, 1.165) is 56.0 Å². The van der Waals surface area contributed by atoms with Crippen LogP contribution in [0.5, 0.6) is 5.75 Å². The topological polar surface area (TPSA) is 9.23 Å². The maximum Gasteiger partial charge on any atom is 0.118 e. The van der Waals surface area contributed by atoms with Crippen molar-refractivity contribution in [1.82, 2.24) is 0 Å². The van der Waals surface area contributed by atoms with Crippen molar-refractivity contribution in [3.05, 3.63) is 125 Å². The normalized spacial score (nSPS) is 10.4. The van der Waals surface area contributed by atoms with E-state index in [1.807, 2.05) is 24.3 Å². The monoisotopic (exact) mass is 464 g/mol. The number of aryl methyl sites for hydroxylation is 1. The molecule has 0 fully saturated rings. The fourth-order valence-corrected chi connectivity index (χ4v) is 4.48. The second kappa shape index (κ2) is 10.9. The number of hydrogen-bond acceptors (Lipinski definition) is 1. The number of methoxy groups -OCH3 is 1. The lowest BCUT2D eigenvalue weighted by Gasteiger charge is -2.10. The zero-order chi connectivity index (χ0) is 24.7. The molecule has 0 spiro atoms. The van der Waals surface area contributed by atoms with Crippen LogP contribution in [-0.2, 0) is 6.42 Å². The minimum absolute atomic E-state index is 0.829. The van der Waals surface area contributed by atoms with E-state index in [1.54, 1.807) is 7.11 Å². The smallest absolute Gasteiger partial charge is 0.118 e. The van der Waals surface area contributed by atoms with Crippen molar-refractivity contribution in [2.75, 3.05) is 7.11 Å². The summed E-state index contributed by atoms with van der Waals surface area (Å²) in [5.41, 5.74) is 5.44. The Balaban J connectivity index is 1.62. The second-order valence-electron chi connectivity index (χ2n) is 8.87. The molecule has 5 aromatic rings. The van der Waals surface area contributed by atoms with Crippen LogP contribution in [0.15, 0.2) is 97.1 Å². The number of benzene rings is 5. The molecule has 0 aliphatic rings. The summed E-state index contributed by atoms with van der Waals surface area (Å²) in [5.74, 6) is 14.6. The van der Waals surface area contributed by atoms with Crippen molar-refractivity contribution in [2.24, 2.45) is 0 Å². The van der Waals surface area contributed by atoms with Crippen LogP contribution in [0.2, 0.25) is 0 Å². The fourth-order valence-electron chi connectivity index (χ4n) is 4.48. The number of rotatable bonds is 4. The highest BCUT2D eigenvalue weighted by molar-refractivity contribution is 6.09. The van der Waals surface area contributed by atoms with Gasteiger partial charge in [0.25, 0.3) is 0 Å². The van der Waals surface area contributed by atoms with Gasteiger partial charge in [-0.1, -0.05) is 97.7 Å². The summed E-state index contributed by atoms with van der Waals surface area (Å²) in [6.45, 7) is 2.23. The molecule has 0 heterocycles. The SMILES string of the molecule is CCCCc1ccc(C#Cc2c3ccccc3c(C#Cc3ccc(OC)cc3)c3ccccc23)cc1. The highest BCUT2D eigenvalue weighted by Crippen LogP contribution is 2.32. The highest BCUT2D eigenvalue weighted by Gasteiger charge is 2.11. The van der Waals surface area contributed by atoms with E-state index in [0.29, 0.717) is 0 Å². The molecular weight excluding hydrogens is 436 g/mol. The van der Waals surface area contributed by atoms with E-state index >= 15 is 0 Å². The molecule has 0 amide bonds. The zero-order valence-electron chi connectivity index (χ0n) is 20.8. The Labute approximate surface area is 213 Å². The number of unbranched alkanes of at least 4 members (excludes halogenated alkanes) is 1. The van der Waals surface area contributed by atoms with Crippen LogP contribution in [0.25, 0.3) is 21.5 Å². The summed E-state index contributed by atoms with van der Waals surface area (Å²) < 4.78 is 5.28. The Bertz CT molecular complexity index is 1580. The van der Waals surface area contributed by atoms with E-state index in [-0.39, 0.29) is 0 Å². The molecule has 0 N–H and O–H groups in total. The van der Waals surface area contributed by atoms with Crippen molar-refractivity contribution in [2.45, 2.75) is 26.2 Å². The lowest BCUT2D eigenvalue weighted by Crippen LogP contribution is -1.90. The molecule has 174 valence electrons. The van der Waals surface area contributed by atoms with Gasteiger partial charge in [0.2, 0.25) is 0 Å². The maximum atomic E-state index is 5.28. The van der Waals surface area contributed by atoms with Gasteiger partial charge in [0.1, 0.15) is 5.75 Å². The summed E-state index contributed by atoms with van der Waals surface area (Å²) in [6, 6.07) is 33.4. The van der Waals surface area contributed by atoms with Crippen molar-refractivity contribution < 1.29 is 4.74 Å². The quantitative estimate of drug-likeness (QED) is 0.193. The second-order valence-corrected chi connectivity index (χ2v) is 8.87. The molecule has 0 unspecified atom stereocenters. The minimum Gasteiger partial charge on any atom is -0.497 e. The molecule has 1 nitrogen and oxygen atoms in total. The van der Waals surface area contributed by atoms with E-state index in [9.17, 15) is 0 Å². The highest BCUT2D eigenvalue weighted by atomic mass is 16.5. The molecule has 0 aromatic heterocycles. The predicted molar refractivity (Wildman–Crippen MR) is 151 cm³/mol. The van der Waals surface area contributed by atoms with E-state index < -0.39 is 0 Å². The van der Waals surface area contributed by atoms with Gasteiger partial charge in [-0.05, 0) is 76.3 Å². The third-order valence-electron chi connectivity index (χ3n) is 6.46. The summed E-state index contributed by atoms with van der Waals surface area (Å²) in [5, 5.41) is 4.50. The van der Waals surface area contributed by atoms with Crippen LogP contribution in [0, 0.1) is 23.7 Å². The third-order valence-corrected chi connectivity index (χ3v) is 6.46. The maximum absolute atomic E-state index is 5.28. The number of fused-ring (bicyclic) bond motifs is 2. The zero-order valence-corrected chi connectivity index (χ0v) is 20.8. The minimum atomic E-state index is 0.829. The molecule has 0 radical (unpaired) electrons. The molecule has 0 bridgehead atoms. The molecular formula is C35H28O. The predicted octanol–water partition coefficient (Wildman–Crippen LogP) is 8.14. The average molecular weight is 465 g/mol. The van der Waals surface area contributed by atoms with E-state index in [4.69, 9.17) is 4.74 Å². The first-order valence-corrected chi connectivity index (χ1v) is 12.5. The van der Waals surface area contributed by atoms with Gasteiger partial charge in [-0.2, -0.15) is 0 Å². The van der Waals surface area contributed by atoms with Gasteiger partial charge in [-0.15, -0.1) is 0 Å². The van der Waals surface area contributed by atoms with Crippen molar-refractivity contribution in [3.8, 4) is 29.4 Å². The molecule has 0 saturated heterocycles. The van der Waals surface area contributed by atoms with Gasteiger partial charge in [0, 0.05) is 22.3 Å². The summed E-state index contributed by atoms with van der Waals surface area (Å²) >= 11 is 0. The standard InChI is InChI=1S/C35H28O/c1-3-4-9-26-14-16-27(17-15-26)20-24-34-30-10-5-7-12-32(30)35(33-13-8-6-11-31(33)34)25-21-28-18-22-29(36-2)23-19-28/h5-8,10-19,22-23H,3-4,9H2,1-2H3. The van der Waals surface area contributed by atoms with Crippen molar-refractivity contribution in [1.29, 1.82) is 0 Å². The fraction of sp³-hybridized carbons (Fsp3) is 0.143. The van der Waals surface area contributed by atoms with Gasteiger partial charge in [0.05, 0.1) is 7.11 Å². The molecule has 36 heavy (non-hydrogen) atoms. The summed E-state index contributed by atoms with van der Waals surface area (Å²) in [4.78, 5) is 0. The van der Waals surface area contributed by atoms with Crippen LogP contribution in [0.3, 0.4) is 0 Å². The summed E-state index contributed by atoms with van der Waals surface area (Å²) in [6.07, 6.45) is 3.55. The lowest BCUT2D eigenvalue weighted by atomic mass is 9.92. The third kappa shape index (κ3) is 4.98. The summed E-state index contributed by atoms with van der Waals surface area (Å²) in [7, 11) is 1.67. The number of hydrogen-bond donors (Lipinski definition) is 0. The van der Waals surface area contributed by atoms with Gasteiger partial charge in [0.15, 0.2) is 0 Å². The van der Waals surface area contributed by atoms with Crippen molar-refractivity contribution in [3.63, 3.8) is 0 Å². The first-order valence-electron chi connectivity index (χ1n) is 12.5. The van der Waals surface area contributed by atoms with Crippen LogP contribution >= 0.6 is 0 Å². The largest absolute Gasteiger partial charge is 0.497 e. The van der Waals surface area contributed by atoms with Gasteiger partial charge in [-0.25, -0.2) is 0 Å². The Hall–Kier alpha value is -4.46. The van der Waals surface area contributed by atoms with Crippen molar-refractivity contribution >= 4 is 21.5 Å². The first kappa shape index (κ1) is 23.3.